The summed E-state index contributed by atoms with van der Waals surface area (Å²) in [6.07, 6.45) is 1.45. The second-order valence-corrected chi connectivity index (χ2v) is 6.22. The second-order valence-electron chi connectivity index (χ2n) is 5.81. The van der Waals surface area contributed by atoms with Crippen molar-refractivity contribution in [3.8, 4) is 11.5 Å². The lowest BCUT2D eigenvalue weighted by Crippen LogP contribution is -2.10. The Morgan fingerprint density at radius 2 is 1.83 bits per heavy atom. The molecule has 3 aromatic carbocycles. The van der Waals surface area contributed by atoms with Crippen molar-refractivity contribution < 1.29 is 19.2 Å². The Morgan fingerprint density at radius 3 is 2.48 bits per heavy atom. The van der Waals surface area contributed by atoms with E-state index < -0.39 is 10.9 Å². The van der Waals surface area contributed by atoms with Crippen LogP contribution in [0.5, 0.6) is 11.5 Å². The summed E-state index contributed by atoms with van der Waals surface area (Å²) in [6.45, 7) is 0. The number of hydrogen-bond donors (Lipinski definition) is 0. The first-order valence-electron chi connectivity index (χ1n) is 8.41. The number of rotatable bonds is 6. The zero-order valence-electron chi connectivity index (χ0n) is 15.2. The fourth-order valence-electron chi connectivity index (χ4n) is 2.43. The van der Waals surface area contributed by atoms with Crippen LogP contribution in [0.4, 0.5) is 11.4 Å². The van der Waals surface area contributed by atoms with Crippen molar-refractivity contribution in [2.45, 2.75) is 0 Å². The van der Waals surface area contributed by atoms with Crippen LogP contribution in [0.25, 0.3) is 0 Å². The third-order valence-corrected chi connectivity index (χ3v) is 4.23. The van der Waals surface area contributed by atoms with Crippen molar-refractivity contribution in [3.05, 3.63) is 93.0 Å². The van der Waals surface area contributed by atoms with Gasteiger partial charge in [-0.2, -0.15) is 0 Å². The van der Waals surface area contributed by atoms with E-state index >= 15 is 0 Å². The largest absolute Gasteiger partial charge is 0.497 e. The van der Waals surface area contributed by atoms with Crippen LogP contribution in [0.1, 0.15) is 15.9 Å². The summed E-state index contributed by atoms with van der Waals surface area (Å²) >= 11 is 6.04. The summed E-state index contributed by atoms with van der Waals surface area (Å²) in [6, 6.07) is 17.4. The highest BCUT2D eigenvalue weighted by Gasteiger charge is 2.19. The van der Waals surface area contributed by atoms with Crippen molar-refractivity contribution in [1.29, 1.82) is 0 Å². The van der Waals surface area contributed by atoms with Crippen LogP contribution >= 0.6 is 11.6 Å². The summed E-state index contributed by atoms with van der Waals surface area (Å²) in [4.78, 5) is 27.3. The summed E-state index contributed by atoms with van der Waals surface area (Å²) in [5, 5.41) is 11.9. The number of carbonyl (C=O) groups is 1. The first-order chi connectivity index (χ1) is 14.0. The molecule has 3 rings (SSSR count). The van der Waals surface area contributed by atoms with Crippen LogP contribution in [0, 0.1) is 10.1 Å². The fraction of sp³-hybridized carbons (Fsp3) is 0.0476. The van der Waals surface area contributed by atoms with Gasteiger partial charge in [-0.1, -0.05) is 23.7 Å². The molecule has 0 bridgehead atoms. The van der Waals surface area contributed by atoms with E-state index in [0.717, 1.165) is 0 Å². The van der Waals surface area contributed by atoms with Crippen molar-refractivity contribution in [2.24, 2.45) is 4.99 Å². The van der Waals surface area contributed by atoms with Crippen molar-refractivity contribution in [1.82, 2.24) is 0 Å². The molecule has 0 saturated carbocycles. The average molecular weight is 411 g/mol. The van der Waals surface area contributed by atoms with Crippen molar-refractivity contribution >= 4 is 35.2 Å². The standard InChI is InChI=1S/C21H15ClN2O5/c1-28-16-9-7-15(8-10-16)21(25)29-20-11-6-14(12-19(20)24(26)27)13-23-18-5-3-2-4-17(18)22/h2-13H,1H3. The molecule has 7 nitrogen and oxygen atoms in total. The lowest BCUT2D eigenvalue weighted by atomic mass is 10.2. The third-order valence-electron chi connectivity index (χ3n) is 3.91. The van der Waals surface area contributed by atoms with Crippen LogP contribution in [-0.2, 0) is 0 Å². The highest BCUT2D eigenvalue weighted by molar-refractivity contribution is 6.33. The molecule has 3 aromatic rings. The van der Waals surface area contributed by atoms with Gasteiger partial charge >= 0.3 is 11.7 Å². The van der Waals surface area contributed by atoms with Crippen molar-refractivity contribution in [2.75, 3.05) is 7.11 Å². The molecular weight excluding hydrogens is 396 g/mol. The minimum Gasteiger partial charge on any atom is -0.497 e. The van der Waals surface area contributed by atoms with Gasteiger partial charge in [-0.3, -0.25) is 15.1 Å². The van der Waals surface area contributed by atoms with Gasteiger partial charge in [0, 0.05) is 12.3 Å². The summed E-state index contributed by atoms with van der Waals surface area (Å²) in [5.74, 6) is -0.298. The lowest BCUT2D eigenvalue weighted by Gasteiger charge is -2.06. The van der Waals surface area contributed by atoms with Crippen LogP contribution in [0.3, 0.4) is 0 Å². The first kappa shape index (κ1) is 20.0. The fourth-order valence-corrected chi connectivity index (χ4v) is 2.61. The molecule has 0 saturated heterocycles. The molecule has 0 aliphatic rings. The summed E-state index contributed by atoms with van der Waals surface area (Å²) in [7, 11) is 1.51. The Balaban J connectivity index is 1.83. The van der Waals surface area contributed by atoms with Gasteiger partial charge in [0.05, 0.1) is 28.3 Å². The quantitative estimate of drug-likeness (QED) is 0.182. The number of ether oxygens (including phenoxy) is 2. The molecule has 0 aliphatic heterocycles. The molecule has 0 N–H and O–H groups in total. The molecule has 0 unspecified atom stereocenters. The summed E-state index contributed by atoms with van der Waals surface area (Å²) < 4.78 is 10.2. The molecule has 0 aromatic heterocycles. The van der Waals surface area contributed by atoms with Crippen LogP contribution in [0.2, 0.25) is 5.02 Å². The van der Waals surface area contributed by atoms with Gasteiger partial charge in [0.2, 0.25) is 5.75 Å². The topological polar surface area (TPSA) is 91.0 Å². The predicted molar refractivity (Wildman–Crippen MR) is 110 cm³/mol. The van der Waals surface area contributed by atoms with Gasteiger partial charge in [0.25, 0.3) is 0 Å². The number of hydrogen-bond acceptors (Lipinski definition) is 6. The van der Waals surface area contributed by atoms with Gasteiger partial charge < -0.3 is 9.47 Å². The molecule has 29 heavy (non-hydrogen) atoms. The lowest BCUT2D eigenvalue weighted by molar-refractivity contribution is -0.385. The number of esters is 1. The zero-order valence-corrected chi connectivity index (χ0v) is 16.0. The molecule has 8 heteroatoms. The van der Waals surface area contributed by atoms with Crippen LogP contribution in [-0.4, -0.2) is 24.2 Å². The number of para-hydroxylation sites is 1. The predicted octanol–water partition coefficient (Wildman–Crippen LogP) is 5.23. The zero-order chi connectivity index (χ0) is 20.8. The number of carbonyl (C=O) groups excluding carboxylic acids is 1. The van der Waals surface area contributed by atoms with E-state index in [1.807, 2.05) is 0 Å². The Bertz CT molecular complexity index is 1080. The van der Waals surface area contributed by atoms with E-state index in [4.69, 9.17) is 21.1 Å². The minimum absolute atomic E-state index is 0.161. The number of nitro benzene ring substituents is 1. The molecule has 0 atom stereocenters. The van der Waals surface area contributed by atoms with Gasteiger partial charge in [0.1, 0.15) is 5.75 Å². The first-order valence-corrected chi connectivity index (χ1v) is 8.79. The Hall–Kier alpha value is -3.71. The van der Waals surface area contributed by atoms with E-state index in [1.165, 1.54) is 37.6 Å². The molecule has 0 heterocycles. The number of benzene rings is 3. The number of aliphatic imine (C=N–C) groups is 1. The monoisotopic (exact) mass is 410 g/mol. The number of nitrogens with zero attached hydrogens (tertiary/aromatic N) is 2. The minimum atomic E-state index is -0.715. The molecule has 0 aliphatic carbocycles. The number of nitro groups is 1. The van der Waals surface area contributed by atoms with Crippen LogP contribution in [0.15, 0.2) is 71.7 Å². The van der Waals surface area contributed by atoms with Gasteiger partial charge in [-0.05, 0) is 54.1 Å². The molecule has 0 amide bonds. The highest BCUT2D eigenvalue weighted by Crippen LogP contribution is 2.29. The maximum absolute atomic E-state index is 12.3. The molecule has 0 radical (unpaired) electrons. The average Bonchev–Trinajstić information content (AvgIpc) is 2.73. The Kier molecular flexibility index (Phi) is 6.21. The van der Waals surface area contributed by atoms with E-state index in [-0.39, 0.29) is 17.0 Å². The van der Waals surface area contributed by atoms with E-state index in [0.29, 0.717) is 22.0 Å². The highest BCUT2D eigenvalue weighted by atomic mass is 35.5. The molecule has 146 valence electrons. The van der Waals surface area contributed by atoms with E-state index in [1.54, 1.807) is 42.5 Å². The van der Waals surface area contributed by atoms with Crippen LogP contribution < -0.4 is 9.47 Å². The Labute approximate surface area is 171 Å². The molecule has 0 spiro atoms. The number of methoxy groups -OCH3 is 1. The van der Waals surface area contributed by atoms with E-state index in [2.05, 4.69) is 4.99 Å². The van der Waals surface area contributed by atoms with Gasteiger partial charge in [-0.25, -0.2) is 4.79 Å². The number of halogens is 1. The third kappa shape index (κ3) is 4.97. The van der Waals surface area contributed by atoms with Gasteiger partial charge in [0.15, 0.2) is 0 Å². The second kappa shape index (κ2) is 8.99. The molecule has 0 fully saturated rings. The summed E-state index contributed by atoms with van der Waals surface area (Å²) in [5.41, 5.74) is 0.882. The maximum Gasteiger partial charge on any atom is 0.343 e. The van der Waals surface area contributed by atoms with Gasteiger partial charge in [-0.15, -0.1) is 0 Å². The SMILES string of the molecule is COc1ccc(C(=O)Oc2ccc(C=Nc3ccccc3Cl)cc2[N+](=O)[O-])cc1. The maximum atomic E-state index is 12.3. The smallest absolute Gasteiger partial charge is 0.343 e. The molecular formula is C21H15ClN2O5. The Morgan fingerprint density at radius 1 is 1.10 bits per heavy atom. The van der Waals surface area contributed by atoms with E-state index in [9.17, 15) is 14.9 Å². The normalized spacial score (nSPS) is 10.7. The van der Waals surface area contributed by atoms with Crippen molar-refractivity contribution in [3.63, 3.8) is 0 Å².